The first-order chi connectivity index (χ1) is 6.52. The van der Waals surface area contributed by atoms with E-state index in [2.05, 4.69) is 6.07 Å². The van der Waals surface area contributed by atoms with E-state index in [1.807, 2.05) is 13.8 Å². The van der Waals surface area contributed by atoms with Gasteiger partial charge >= 0.3 is 0 Å². The normalized spacial score (nSPS) is 14.9. The minimum atomic E-state index is -1.19. The number of rotatable bonds is 3. The Morgan fingerprint density at radius 3 is 2.14 bits per heavy atom. The van der Waals surface area contributed by atoms with E-state index in [1.165, 1.54) is 6.92 Å². The lowest BCUT2D eigenvalue weighted by Gasteiger charge is -2.18. The van der Waals surface area contributed by atoms with E-state index in [-0.39, 0.29) is 0 Å². The maximum atomic E-state index is 9.35. The molecule has 14 heavy (non-hydrogen) atoms. The fraction of sp³-hybridized carbons (Fsp3) is 0.455. The van der Waals surface area contributed by atoms with Gasteiger partial charge in [0.2, 0.25) is 6.29 Å². The van der Waals surface area contributed by atoms with Gasteiger partial charge in [0.15, 0.2) is 0 Å². The summed E-state index contributed by atoms with van der Waals surface area (Å²) in [4.78, 5) is 0. The van der Waals surface area contributed by atoms with Crippen LogP contribution in [0.15, 0.2) is 12.1 Å². The summed E-state index contributed by atoms with van der Waals surface area (Å²) < 4.78 is 5.22. The topological polar surface area (TPSA) is 49.7 Å². The lowest BCUT2D eigenvalue weighted by atomic mass is 10.1. The maximum Gasteiger partial charge on any atom is 0.223 e. The Bertz CT molecular complexity index is 287. The molecule has 1 aromatic carbocycles. The summed E-state index contributed by atoms with van der Waals surface area (Å²) in [5, 5.41) is 18.4. The highest BCUT2D eigenvalue weighted by Gasteiger charge is 2.14. The average Bonchev–Trinajstić information content (AvgIpc) is 2.11. The second kappa shape index (κ2) is 4.44. The highest BCUT2D eigenvalue weighted by Crippen LogP contribution is 2.23. The van der Waals surface area contributed by atoms with Crippen molar-refractivity contribution in [1.82, 2.24) is 0 Å². The van der Waals surface area contributed by atoms with Gasteiger partial charge in [-0.2, -0.15) is 0 Å². The van der Waals surface area contributed by atoms with E-state index in [4.69, 9.17) is 9.84 Å². The van der Waals surface area contributed by atoms with Gasteiger partial charge in [0.05, 0.1) is 0 Å². The predicted octanol–water partition coefficient (Wildman–Crippen LogP) is 1.18. The van der Waals surface area contributed by atoms with Crippen LogP contribution in [0.3, 0.4) is 0 Å². The Hall–Kier alpha value is -1.06. The molecular formula is C11H15O3. The standard InChI is InChI=1S/C11H15O3/c1-7-5-4-6-8(2)10(7)14-11(13)9(3)12/h5-6,9,11-13H,1-3H3/t9?,11-/m0/s1. The van der Waals surface area contributed by atoms with Gasteiger partial charge in [-0.15, -0.1) is 0 Å². The van der Waals surface area contributed by atoms with Crippen molar-refractivity contribution in [2.75, 3.05) is 0 Å². The van der Waals surface area contributed by atoms with Gasteiger partial charge in [0.25, 0.3) is 0 Å². The van der Waals surface area contributed by atoms with Gasteiger partial charge < -0.3 is 14.9 Å². The van der Waals surface area contributed by atoms with Gasteiger partial charge in [-0.3, -0.25) is 0 Å². The molecule has 0 aromatic heterocycles. The van der Waals surface area contributed by atoms with Crippen molar-refractivity contribution in [1.29, 1.82) is 0 Å². The fourth-order valence-corrected chi connectivity index (χ4v) is 1.14. The number of aliphatic hydroxyl groups excluding tert-OH is 2. The Balaban J connectivity index is 2.85. The average molecular weight is 195 g/mol. The summed E-state index contributed by atoms with van der Waals surface area (Å²) in [6, 6.07) is 6.50. The number of hydrogen-bond acceptors (Lipinski definition) is 3. The highest BCUT2D eigenvalue weighted by atomic mass is 16.6. The SMILES string of the molecule is Cc1c[c]cc(C)c1O[C@H](O)C(C)O. The molecule has 0 aliphatic rings. The zero-order chi connectivity index (χ0) is 10.7. The number of ether oxygens (including phenoxy) is 1. The molecular weight excluding hydrogens is 180 g/mol. The maximum absolute atomic E-state index is 9.35. The van der Waals surface area contributed by atoms with Crippen LogP contribution in [0.1, 0.15) is 18.1 Å². The van der Waals surface area contributed by atoms with E-state index >= 15 is 0 Å². The third-order valence-electron chi connectivity index (χ3n) is 1.97. The molecule has 2 N–H and O–H groups in total. The molecule has 0 heterocycles. The first-order valence-electron chi connectivity index (χ1n) is 4.52. The molecule has 1 radical (unpaired) electrons. The third kappa shape index (κ3) is 2.47. The minimum Gasteiger partial charge on any atom is -0.462 e. The van der Waals surface area contributed by atoms with Crippen molar-refractivity contribution < 1.29 is 14.9 Å². The van der Waals surface area contributed by atoms with Crippen molar-refractivity contribution in [3.63, 3.8) is 0 Å². The van der Waals surface area contributed by atoms with Crippen LogP contribution >= 0.6 is 0 Å². The summed E-state index contributed by atoms with van der Waals surface area (Å²) in [7, 11) is 0. The summed E-state index contributed by atoms with van der Waals surface area (Å²) in [5.41, 5.74) is 1.79. The fourth-order valence-electron chi connectivity index (χ4n) is 1.14. The van der Waals surface area contributed by atoms with Crippen molar-refractivity contribution >= 4 is 0 Å². The molecule has 2 atom stereocenters. The largest absolute Gasteiger partial charge is 0.462 e. The first-order valence-corrected chi connectivity index (χ1v) is 4.52. The molecule has 77 valence electrons. The van der Waals surface area contributed by atoms with Crippen LogP contribution in [-0.2, 0) is 0 Å². The molecule has 3 heteroatoms. The molecule has 0 bridgehead atoms. The van der Waals surface area contributed by atoms with E-state index in [1.54, 1.807) is 12.1 Å². The zero-order valence-electron chi connectivity index (χ0n) is 8.61. The molecule has 3 nitrogen and oxygen atoms in total. The molecule has 0 spiro atoms. The predicted molar refractivity (Wildman–Crippen MR) is 53.1 cm³/mol. The van der Waals surface area contributed by atoms with E-state index < -0.39 is 12.4 Å². The van der Waals surface area contributed by atoms with Crippen LogP contribution in [0.4, 0.5) is 0 Å². The second-order valence-corrected chi connectivity index (χ2v) is 3.40. The molecule has 1 rings (SSSR count). The number of aliphatic hydroxyl groups is 2. The molecule has 1 aromatic rings. The van der Waals surface area contributed by atoms with Crippen LogP contribution in [0, 0.1) is 19.9 Å². The van der Waals surface area contributed by atoms with E-state index in [0.29, 0.717) is 5.75 Å². The van der Waals surface area contributed by atoms with Crippen LogP contribution in [0.25, 0.3) is 0 Å². The molecule has 1 unspecified atom stereocenters. The monoisotopic (exact) mass is 195 g/mol. The van der Waals surface area contributed by atoms with E-state index in [9.17, 15) is 5.11 Å². The second-order valence-electron chi connectivity index (χ2n) is 3.40. The molecule has 0 aliphatic carbocycles. The molecule has 0 amide bonds. The quantitative estimate of drug-likeness (QED) is 0.712. The highest BCUT2D eigenvalue weighted by molar-refractivity contribution is 5.39. The molecule has 0 fully saturated rings. The summed E-state index contributed by atoms with van der Waals surface area (Å²) >= 11 is 0. The van der Waals surface area contributed by atoms with Crippen molar-refractivity contribution in [2.24, 2.45) is 0 Å². The zero-order valence-corrected chi connectivity index (χ0v) is 8.61. The van der Waals surface area contributed by atoms with Crippen molar-refractivity contribution in [2.45, 2.75) is 33.2 Å². The summed E-state index contributed by atoms with van der Waals surface area (Å²) in [6.07, 6.45) is -2.09. The molecule has 0 aliphatic heterocycles. The van der Waals surface area contributed by atoms with Crippen LogP contribution in [-0.4, -0.2) is 22.6 Å². The van der Waals surface area contributed by atoms with Gasteiger partial charge in [-0.05, 0) is 50.1 Å². The van der Waals surface area contributed by atoms with E-state index in [0.717, 1.165) is 11.1 Å². The number of benzene rings is 1. The van der Waals surface area contributed by atoms with Crippen LogP contribution in [0.2, 0.25) is 0 Å². The lowest BCUT2D eigenvalue weighted by Crippen LogP contribution is -2.29. The van der Waals surface area contributed by atoms with Crippen LogP contribution < -0.4 is 4.74 Å². The van der Waals surface area contributed by atoms with Gasteiger partial charge in [-0.25, -0.2) is 0 Å². The van der Waals surface area contributed by atoms with Crippen molar-refractivity contribution in [3.8, 4) is 5.75 Å². The minimum absolute atomic E-state index is 0.608. The Morgan fingerprint density at radius 1 is 1.21 bits per heavy atom. The number of hydrogen-bond donors (Lipinski definition) is 2. The molecule has 0 saturated heterocycles. The summed E-state index contributed by atoms with van der Waals surface area (Å²) in [6.45, 7) is 5.21. The Morgan fingerprint density at radius 2 is 1.71 bits per heavy atom. The Kier molecular flexibility index (Phi) is 3.49. The Labute approximate surface area is 84.0 Å². The van der Waals surface area contributed by atoms with Crippen molar-refractivity contribution in [3.05, 3.63) is 29.3 Å². The lowest BCUT2D eigenvalue weighted by molar-refractivity contribution is -0.0964. The summed E-state index contributed by atoms with van der Waals surface area (Å²) in [5.74, 6) is 0.608. The van der Waals surface area contributed by atoms with Gasteiger partial charge in [-0.1, -0.05) is 0 Å². The number of aryl methyl sites for hydroxylation is 2. The smallest absolute Gasteiger partial charge is 0.223 e. The third-order valence-corrected chi connectivity index (χ3v) is 1.97. The van der Waals surface area contributed by atoms with Crippen LogP contribution in [0.5, 0.6) is 5.75 Å². The molecule has 0 saturated carbocycles. The first kappa shape index (κ1) is 11.0. The van der Waals surface area contributed by atoms with Gasteiger partial charge in [0, 0.05) is 0 Å². The van der Waals surface area contributed by atoms with Gasteiger partial charge in [0.1, 0.15) is 11.9 Å².